The van der Waals surface area contributed by atoms with E-state index >= 15 is 0 Å². The Hall–Kier alpha value is -1.37. The highest BCUT2D eigenvalue weighted by Gasteiger charge is 2.18. The smallest absolute Gasteiger partial charge is 0.358 e. The van der Waals surface area contributed by atoms with Crippen LogP contribution in [0.15, 0.2) is 22.6 Å². The minimum Gasteiger partial charge on any atom is -0.476 e. The molecule has 4 nitrogen and oxygen atoms in total. The van der Waals surface area contributed by atoms with Crippen molar-refractivity contribution in [1.82, 2.24) is 4.98 Å². The molecular formula is C12H10INO3. The maximum Gasteiger partial charge on any atom is 0.358 e. The van der Waals surface area contributed by atoms with Crippen LogP contribution in [0.4, 0.5) is 0 Å². The van der Waals surface area contributed by atoms with E-state index in [1.54, 1.807) is 6.92 Å². The minimum atomic E-state index is -1.07. The Bertz CT molecular complexity index is 589. The molecule has 0 bridgehead atoms. The second-order valence-electron chi connectivity index (χ2n) is 3.67. The number of halogens is 1. The molecule has 2 aromatic rings. The predicted molar refractivity (Wildman–Crippen MR) is 71.1 cm³/mol. The van der Waals surface area contributed by atoms with Gasteiger partial charge in [0.25, 0.3) is 0 Å². The first-order valence-corrected chi connectivity index (χ1v) is 6.04. The third kappa shape index (κ3) is 2.19. The van der Waals surface area contributed by atoms with Gasteiger partial charge in [0, 0.05) is 3.57 Å². The van der Waals surface area contributed by atoms with Crippen LogP contribution in [0.25, 0.3) is 11.5 Å². The summed E-state index contributed by atoms with van der Waals surface area (Å²) in [6, 6.07) is 5.75. The van der Waals surface area contributed by atoms with E-state index in [9.17, 15) is 4.79 Å². The van der Waals surface area contributed by atoms with Gasteiger partial charge in [0.05, 0.1) is 5.56 Å². The first-order valence-electron chi connectivity index (χ1n) is 4.97. The number of aromatic carboxylic acids is 1. The number of hydrogen-bond donors (Lipinski definition) is 1. The van der Waals surface area contributed by atoms with Gasteiger partial charge in [-0.25, -0.2) is 9.78 Å². The van der Waals surface area contributed by atoms with Crippen molar-refractivity contribution in [3.8, 4) is 11.5 Å². The van der Waals surface area contributed by atoms with E-state index in [0.29, 0.717) is 11.7 Å². The van der Waals surface area contributed by atoms with Crippen LogP contribution in [-0.2, 0) is 0 Å². The number of oxazole rings is 1. The second-order valence-corrected chi connectivity index (χ2v) is 4.74. The molecule has 5 heteroatoms. The number of carbonyl (C=O) groups is 1. The van der Waals surface area contributed by atoms with Gasteiger partial charge in [-0.2, -0.15) is 0 Å². The summed E-state index contributed by atoms with van der Waals surface area (Å²) in [6.45, 7) is 3.59. The molecule has 1 aromatic heterocycles. The van der Waals surface area contributed by atoms with Crippen LogP contribution in [-0.4, -0.2) is 16.1 Å². The molecule has 0 amide bonds. The summed E-state index contributed by atoms with van der Waals surface area (Å²) in [5, 5.41) is 8.93. The van der Waals surface area contributed by atoms with Crippen molar-refractivity contribution in [2.24, 2.45) is 0 Å². The molecule has 17 heavy (non-hydrogen) atoms. The summed E-state index contributed by atoms with van der Waals surface area (Å²) in [6.07, 6.45) is 0. The van der Waals surface area contributed by atoms with Crippen LogP contribution >= 0.6 is 22.6 Å². The molecule has 0 aliphatic heterocycles. The minimum absolute atomic E-state index is 0.0303. The third-order valence-electron chi connectivity index (χ3n) is 2.42. The molecule has 1 heterocycles. The Kier molecular flexibility index (Phi) is 3.19. The van der Waals surface area contributed by atoms with Crippen LogP contribution in [0.1, 0.15) is 21.8 Å². The Morgan fingerprint density at radius 2 is 2.12 bits per heavy atom. The fourth-order valence-electron chi connectivity index (χ4n) is 1.52. The van der Waals surface area contributed by atoms with Crippen molar-refractivity contribution >= 4 is 28.6 Å². The maximum atomic E-state index is 10.9. The monoisotopic (exact) mass is 343 g/mol. The van der Waals surface area contributed by atoms with E-state index in [4.69, 9.17) is 9.52 Å². The number of hydrogen-bond acceptors (Lipinski definition) is 3. The number of carboxylic acids is 1. The summed E-state index contributed by atoms with van der Waals surface area (Å²) in [7, 11) is 0. The average molecular weight is 343 g/mol. The predicted octanol–water partition coefficient (Wildman–Crippen LogP) is 3.26. The molecule has 0 aliphatic carbocycles. The summed E-state index contributed by atoms with van der Waals surface area (Å²) in [5.74, 6) is -0.391. The topological polar surface area (TPSA) is 63.3 Å². The highest BCUT2D eigenvalue weighted by molar-refractivity contribution is 14.1. The van der Waals surface area contributed by atoms with Gasteiger partial charge in [0.1, 0.15) is 5.76 Å². The molecule has 1 aromatic carbocycles. The number of rotatable bonds is 2. The molecule has 1 N–H and O–H groups in total. The maximum absolute atomic E-state index is 10.9. The Balaban J connectivity index is 2.58. The van der Waals surface area contributed by atoms with Crippen molar-refractivity contribution in [3.63, 3.8) is 0 Å². The molecule has 0 saturated heterocycles. The Morgan fingerprint density at radius 3 is 2.71 bits per heavy atom. The van der Waals surface area contributed by atoms with Gasteiger partial charge < -0.3 is 9.52 Å². The lowest BCUT2D eigenvalue weighted by atomic mass is 10.1. The largest absolute Gasteiger partial charge is 0.476 e. The number of nitrogens with zero attached hydrogens (tertiary/aromatic N) is 1. The first kappa shape index (κ1) is 12.1. The first-order chi connectivity index (χ1) is 8.00. The highest BCUT2D eigenvalue weighted by Crippen LogP contribution is 2.28. The average Bonchev–Trinajstić information content (AvgIpc) is 2.64. The molecule has 0 aliphatic rings. The van der Waals surface area contributed by atoms with E-state index in [1.807, 2.05) is 25.1 Å². The summed E-state index contributed by atoms with van der Waals surface area (Å²) in [4.78, 5) is 14.9. The lowest BCUT2D eigenvalue weighted by Crippen LogP contribution is -1.98. The Morgan fingerprint density at radius 1 is 1.41 bits per heavy atom. The van der Waals surface area contributed by atoms with Gasteiger partial charge in [0.2, 0.25) is 5.89 Å². The lowest BCUT2D eigenvalue weighted by molar-refractivity contribution is 0.0689. The number of carboxylic acid groups (broad SMARTS) is 1. The van der Waals surface area contributed by atoms with Gasteiger partial charge in [0.15, 0.2) is 5.69 Å². The van der Waals surface area contributed by atoms with Crippen LogP contribution in [0.5, 0.6) is 0 Å². The fraction of sp³-hybridized carbons (Fsp3) is 0.167. The SMILES string of the molecule is Cc1cccc(-c2nc(C(=O)O)c(C)o2)c1I. The molecule has 0 atom stereocenters. The van der Waals surface area contributed by atoms with E-state index < -0.39 is 5.97 Å². The van der Waals surface area contributed by atoms with E-state index in [-0.39, 0.29) is 5.69 Å². The quantitative estimate of drug-likeness (QED) is 0.851. The van der Waals surface area contributed by atoms with Crippen molar-refractivity contribution in [2.75, 3.05) is 0 Å². The summed E-state index contributed by atoms with van der Waals surface area (Å²) in [5.41, 5.74) is 1.90. The zero-order valence-corrected chi connectivity index (χ0v) is 11.5. The molecule has 0 fully saturated rings. The van der Waals surface area contributed by atoms with Gasteiger partial charge >= 0.3 is 5.97 Å². The standard InChI is InChI=1S/C12H10INO3/c1-6-4-3-5-8(9(6)13)11-14-10(12(15)16)7(2)17-11/h3-5H,1-2H3,(H,15,16). The van der Waals surface area contributed by atoms with Crippen LogP contribution in [0.2, 0.25) is 0 Å². The molecule has 88 valence electrons. The van der Waals surface area contributed by atoms with Crippen molar-refractivity contribution in [2.45, 2.75) is 13.8 Å². The van der Waals surface area contributed by atoms with Crippen LogP contribution in [0.3, 0.4) is 0 Å². The van der Waals surface area contributed by atoms with E-state index in [2.05, 4.69) is 27.6 Å². The van der Waals surface area contributed by atoms with E-state index in [1.165, 1.54) is 0 Å². The fourth-order valence-corrected chi connectivity index (χ4v) is 2.11. The molecular weight excluding hydrogens is 333 g/mol. The van der Waals surface area contributed by atoms with Gasteiger partial charge in [-0.05, 0) is 48.1 Å². The third-order valence-corrected chi connectivity index (χ3v) is 3.85. The van der Waals surface area contributed by atoms with Gasteiger partial charge in [-0.1, -0.05) is 12.1 Å². The second kappa shape index (κ2) is 4.48. The van der Waals surface area contributed by atoms with Crippen molar-refractivity contribution < 1.29 is 14.3 Å². The van der Waals surface area contributed by atoms with Crippen molar-refractivity contribution in [1.29, 1.82) is 0 Å². The highest BCUT2D eigenvalue weighted by atomic mass is 127. The summed E-state index contributed by atoms with van der Waals surface area (Å²) >= 11 is 2.20. The van der Waals surface area contributed by atoms with Gasteiger partial charge in [-0.3, -0.25) is 0 Å². The zero-order valence-electron chi connectivity index (χ0n) is 9.32. The van der Waals surface area contributed by atoms with Crippen molar-refractivity contribution in [3.05, 3.63) is 38.8 Å². The Labute approximate surface area is 112 Å². The number of aryl methyl sites for hydroxylation is 2. The number of benzene rings is 1. The summed E-state index contributed by atoms with van der Waals surface area (Å²) < 4.78 is 6.42. The lowest BCUT2D eigenvalue weighted by Gasteiger charge is -2.02. The number of aromatic nitrogens is 1. The molecule has 0 saturated carbocycles. The zero-order chi connectivity index (χ0) is 12.6. The van der Waals surface area contributed by atoms with Crippen LogP contribution in [0, 0.1) is 17.4 Å². The van der Waals surface area contributed by atoms with E-state index in [0.717, 1.165) is 14.7 Å². The van der Waals surface area contributed by atoms with Crippen LogP contribution < -0.4 is 0 Å². The normalized spacial score (nSPS) is 10.5. The molecule has 0 spiro atoms. The molecule has 0 unspecified atom stereocenters. The molecule has 0 radical (unpaired) electrons. The molecule has 2 rings (SSSR count). The van der Waals surface area contributed by atoms with Gasteiger partial charge in [-0.15, -0.1) is 0 Å².